The van der Waals surface area contributed by atoms with Gasteiger partial charge in [-0.05, 0) is 29.8 Å². The molecule has 0 radical (unpaired) electrons. The molecule has 29 heavy (non-hydrogen) atoms. The second-order valence-corrected chi connectivity index (χ2v) is 5.97. The second-order valence-electron chi connectivity index (χ2n) is 5.97. The zero-order chi connectivity index (χ0) is 20.6. The minimum atomic E-state index is -0.618. The van der Waals surface area contributed by atoms with Crippen molar-refractivity contribution in [2.24, 2.45) is 0 Å². The number of nitrogens with zero attached hydrogens (tertiary/aromatic N) is 1. The van der Waals surface area contributed by atoms with Gasteiger partial charge in [-0.3, -0.25) is 30.6 Å². The Morgan fingerprint density at radius 2 is 1.69 bits per heavy atom. The summed E-state index contributed by atoms with van der Waals surface area (Å²) in [7, 11) is 0. The Balaban J connectivity index is 1.45. The van der Waals surface area contributed by atoms with Crippen LogP contribution in [0.15, 0.2) is 71.1 Å². The Bertz CT molecular complexity index is 999. The van der Waals surface area contributed by atoms with Gasteiger partial charge in [0.05, 0.1) is 11.3 Å². The van der Waals surface area contributed by atoms with Crippen LogP contribution in [0.4, 0.5) is 5.69 Å². The first-order valence-corrected chi connectivity index (χ1v) is 8.60. The molecular formula is C20H17N3O6. The summed E-state index contributed by atoms with van der Waals surface area (Å²) in [6, 6.07) is 17.8. The summed E-state index contributed by atoms with van der Waals surface area (Å²) >= 11 is 0. The monoisotopic (exact) mass is 395 g/mol. The average Bonchev–Trinajstić information content (AvgIpc) is 3.21. The van der Waals surface area contributed by atoms with E-state index < -0.39 is 16.7 Å². The van der Waals surface area contributed by atoms with Crippen molar-refractivity contribution in [1.82, 2.24) is 10.9 Å². The SMILES string of the molecule is O=C(Cc1ccc([N+](=O)[O-])cc1)NNC(=O)c1ccc(COc2ccccc2)o1. The lowest BCUT2D eigenvalue weighted by molar-refractivity contribution is -0.384. The van der Waals surface area contributed by atoms with Gasteiger partial charge in [0.1, 0.15) is 18.1 Å². The molecule has 2 amide bonds. The number of nitro benzene ring substituents is 1. The van der Waals surface area contributed by atoms with Gasteiger partial charge in [0.15, 0.2) is 5.76 Å². The van der Waals surface area contributed by atoms with Crippen LogP contribution < -0.4 is 15.6 Å². The minimum Gasteiger partial charge on any atom is -0.486 e. The minimum absolute atomic E-state index is 0.0206. The summed E-state index contributed by atoms with van der Waals surface area (Å²) < 4.78 is 10.9. The molecule has 0 fully saturated rings. The molecule has 9 nitrogen and oxygen atoms in total. The highest BCUT2D eigenvalue weighted by Gasteiger charge is 2.13. The van der Waals surface area contributed by atoms with Crippen molar-refractivity contribution in [2.45, 2.75) is 13.0 Å². The number of nitro groups is 1. The van der Waals surface area contributed by atoms with E-state index in [0.29, 0.717) is 17.1 Å². The smallest absolute Gasteiger partial charge is 0.305 e. The number of amides is 2. The van der Waals surface area contributed by atoms with Gasteiger partial charge < -0.3 is 9.15 Å². The van der Waals surface area contributed by atoms with Gasteiger partial charge in [-0.2, -0.15) is 0 Å². The van der Waals surface area contributed by atoms with Gasteiger partial charge in [0.2, 0.25) is 5.91 Å². The first kappa shape index (κ1) is 19.6. The van der Waals surface area contributed by atoms with E-state index in [0.717, 1.165) is 0 Å². The fourth-order valence-electron chi connectivity index (χ4n) is 2.40. The number of non-ortho nitro benzene ring substituents is 1. The highest BCUT2D eigenvalue weighted by atomic mass is 16.6. The van der Waals surface area contributed by atoms with Crippen LogP contribution in [0.2, 0.25) is 0 Å². The third kappa shape index (κ3) is 5.67. The molecule has 3 rings (SSSR count). The van der Waals surface area contributed by atoms with Crippen molar-refractivity contribution in [3.8, 4) is 5.75 Å². The molecule has 1 aromatic heterocycles. The molecule has 1 heterocycles. The van der Waals surface area contributed by atoms with E-state index in [2.05, 4.69) is 10.9 Å². The molecule has 2 aromatic carbocycles. The largest absolute Gasteiger partial charge is 0.486 e. The molecule has 0 saturated carbocycles. The number of rotatable bonds is 7. The average molecular weight is 395 g/mol. The van der Waals surface area contributed by atoms with Gasteiger partial charge in [0.25, 0.3) is 5.69 Å². The number of furan rings is 1. The molecule has 0 saturated heterocycles. The van der Waals surface area contributed by atoms with Crippen LogP contribution in [-0.2, 0) is 17.8 Å². The Hall–Kier alpha value is -4.14. The highest BCUT2D eigenvalue weighted by Crippen LogP contribution is 2.14. The number of hydrogen-bond donors (Lipinski definition) is 2. The Morgan fingerprint density at radius 1 is 0.966 bits per heavy atom. The van der Waals surface area contributed by atoms with Crippen molar-refractivity contribution in [3.63, 3.8) is 0 Å². The summed E-state index contributed by atoms with van der Waals surface area (Å²) in [5.41, 5.74) is 5.03. The summed E-state index contributed by atoms with van der Waals surface area (Å²) in [6.45, 7) is 0.157. The fraction of sp³-hybridized carbons (Fsp3) is 0.100. The molecule has 0 spiro atoms. The molecular weight excluding hydrogens is 378 g/mol. The van der Waals surface area contributed by atoms with E-state index in [1.54, 1.807) is 18.2 Å². The van der Waals surface area contributed by atoms with E-state index in [-0.39, 0.29) is 24.5 Å². The van der Waals surface area contributed by atoms with E-state index in [4.69, 9.17) is 9.15 Å². The lowest BCUT2D eigenvalue weighted by Crippen LogP contribution is -2.42. The molecule has 0 unspecified atom stereocenters. The number of hydrogen-bond acceptors (Lipinski definition) is 6. The number of carbonyl (C=O) groups is 2. The Morgan fingerprint density at radius 3 is 2.38 bits per heavy atom. The van der Waals surface area contributed by atoms with Gasteiger partial charge in [-0.25, -0.2) is 0 Å². The normalized spacial score (nSPS) is 10.2. The van der Waals surface area contributed by atoms with Gasteiger partial charge in [-0.15, -0.1) is 0 Å². The van der Waals surface area contributed by atoms with Crippen LogP contribution in [0, 0.1) is 10.1 Å². The molecule has 148 valence electrons. The Labute approximate surface area is 165 Å². The van der Waals surface area contributed by atoms with Crippen LogP contribution in [0.25, 0.3) is 0 Å². The molecule has 9 heteroatoms. The maximum Gasteiger partial charge on any atom is 0.305 e. The van der Waals surface area contributed by atoms with Crippen LogP contribution in [-0.4, -0.2) is 16.7 Å². The standard InChI is InChI=1S/C20H17N3O6/c24-19(12-14-6-8-15(9-7-14)23(26)27)21-22-20(25)18-11-10-17(29-18)13-28-16-4-2-1-3-5-16/h1-11H,12-13H2,(H,21,24)(H,22,25). The summed E-state index contributed by atoms with van der Waals surface area (Å²) in [4.78, 5) is 34.1. The summed E-state index contributed by atoms with van der Waals surface area (Å²) in [5.74, 6) is 0.0521. The molecule has 2 N–H and O–H groups in total. The van der Waals surface area contributed by atoms with Gasteiger partial charge in [-0.1, -0.05) is 30.3 Å². The number of carbonyl (C=O) groups excluding carboxylic acids is 2. The first-order valence-electron chi connectivity index (χ1n) is 8.60. The molecule has 0 bridgehead atoms. The highest BCUT2D eigenvalue weighted by molar-refractivity contribution is 5.93. The van der Waals surface area contributed by atoms with Crippen LogP contribution in [0.3, 0.4) is 0 Å². The van der Waals surface area contributed by atoms with Crippen molar-refractivity contribution < 1.29 is 23.7 Å². The molecule has 0 atom stereocenters. The summed E-state index contributed by atoms with van der Waals surface area (Å²) in [5, 5.41) is 10.6. The molecule has 0 aliphatic rings. The molecule has 3 aromatic rings. The number of para-hydroxylation sites is 1. The fourth-order valence-corrected chi connectivity index (χ4v) is 2.40. The maximum absolute atomic E-state index is 12.1. The van der Waals surface area contributed by atoms with Gasteiger partial charge >= 0.3 is 5.91 Å². The number of hydrazine groups is 1. The topological polar surface area (TPSA) is 124 Å². The first-order chi connectivity index (χ1) is 14.0. The van der Waals surface area contributed by atoms with Crippen LogP contribution in [0.1, 0.15) is 21.9 Å². The predicted octanol–water partition coefficient (Wildman–Crippen LogP) is 2.77. The number of benzene rings is 2. The quantitative estimate of drug-likeness (QED) is 0.468. The lowest BCUT2D eigenvalue weighted by atomic mass is 10.1. The van der Waals surface area contributed by atoms with Crippen molar-refractivity contribution in [3.05, 3.63) is 93.9 Å². The van der Waals surface area contributed by atoms with E-state index in [1.807, 2.05) is 18.2 Å². The Kier molecular flexibility index (Phi) is 6.21. The van der Waals surface area contributed by atoms with Crippen LogP contribution >= 0.6 is 0 Å². The summed E-state index contributed by atoms with van der Waals surface area (Å²) in [6.07, 6.45) is -0.0490. The van der Waals surface area contributed by atoms with E-state index in [1.165, 1.54) is 30.3 Å². The number of nitrogens with one attached hydrogen (secondary N) is 2. The van der Waals surface area contributed by atoms with Crippen molar-refractivity contribution in [1.29, 1.82) is 0 Å². The van der Waals surface area contributed by atoms with Crippen molar-refractivity contribution in [2.75, 3.05) is 0 Å². The van der Waals surface area contributed by atoms with E-state index >= 15 is 0 Å². The zero-order valence-corrected chi connectivity index (χ0v) is 15.2. The third-order valence-corrected chi connectivity index (χ3v) is 3.84. The second kappa shape index (κ2) is 9.18. The lowest BCUT2D eigenvalue weighted by Gasteiger charge is -2.06. The van der Waals surface area contributed by atoms with Crippen LogP contribution in [0.5, 0.6) is 5.75 Å². The molecule has 0 aliphatic carbocycles. The molecule has 0 aliphatic heterocycles. The predicted molar refractivity (Wildman–Crippen MR) is 102 cm³/mol. The van der Waals surface area contributed by atoms with E-state index in [9.17, 15) is 19.7 Å². The zero-order valence-electron chi connectivity index (χ0n) is 15.2. The third-order valence-electron chi connectivity index (χ3n) is 3.84. The number of ether oxygens (including phenoxy) is 1. The maximum atomic E-state index is 12.1. The van der Waals surface area contributed by atoms with Crippen molar-refractivity contribution >= 4 is 17.5 Å². The van der Waals surface area contributed by atoms with Gasteiger partial charge in [0, 0.05) is 12.1 Å².